The third-order valence-corrected chi connectivity index (χ3v) is 4.86. The van der Waals surface area contributed by atoms with Crippen LogP contribution in [0.25, 0.3) is 0 Å². The van der Waals surface area contributed by atoms with Gasteiger partial charge in [-0.3, -0.25) is 4.79 Å². The molecule has 23 heavy (non-hydrogen) atoms. The molecular formula is C16H16ClN3O2S. The number of urea groups is 1. The van der Waals surface area contributed by atoms with Crippen molar-refractivity contribution in [2.24, 2.45) is 0 Å². The number of thiophene rings is 1. The molecule has 0 saturated carbocycles. The number of nitrogens with one attached hydrogen (secondary N) is 2. The zero-order valence-electron chi connectivity index (χ0n) is 12.3. The minimum atomic E-state index is -0.490. The van der Waals surface area contributed by atoms with Gasteiger partial charge in [0.05, 0.1) is 5.69 Å². The Balaban J connectivity index is 1.54. The van der Waals surface area contributed by atoms with Gasteiger partial charge in [0.25, 0.3) is 0 Å². The Morgan fingerprint density at radius 1 is 1.30 bits per heavy atom. The molecule has 1 fully saturated rings. The number of halogens is 1. The fraction of sp³-hybridized carbons (Fsp3) is 0.250. The molecule has 3 rings (SSSR count). The summed E-state index contributed by atoms with van der Waals surface area (Å²) in [5.41, 5.74) is 1.64. The van der Waals surface area contributed by atoms with Gasteiger partial charge in [-0.2, -0.15) is 0 Å². The summed E-state index contributed by atoms with van der Waals surface area (Å²) in [4.78, 5) is 26.1. The van der Waals surface area contributed by atoms with Gasteiger partial charge in [-0.25, -0.2) is 4.79 Å². The Kier molecular flexibility index (Phi) is 4.83. The lowest BCUT2D eigenvalue weighted by Gasteiger charge is -2.17. The molecule has 3 amide bonds. The topological polar surface area (TPSA) is 61.4 Å². The van der Waals surface area contributed by atoms with Crippen molar-refractivity contribution in [3.05, 3.63) is 51.7 Å². The van der Waals surface area contributed by atoms with E-state index in [4.69, 9.17) is 11.6 Å². The van der Waals surface area contributed by atoms with Crippen LogP contribution in [0.15, 0.2) is 41.8 Å². The lowest BCUT2D eigenvalue weighted by molar-refractivity contribution is -0.129. The Bertz CT molecular complexity index is 704. The smallest absolute Gasteiger partial charge is 0.319 e. The van der Waals surface area contributed by atoms with Crippen molar-refractivity contribution in [2.75, 3.05) is 11.9 Å². The van der Waals surface area contributed by atoms with Crippen LogP contribution in [0.4, 0.5) is 10.5 Å². The molecule has 0 spiro atoms. The van der Waals surface area contributed by atoms with E-state index in [1.807, 2.05) is 30.3 Å². The zero-order valence-corrected chi connectivity index (χ0v) is 13.9. The van der Waals surface area contributed by atoms with E-state index in [-0.39, 0.29) is 5.91 Å². The van der Waals surface area contributed by atoms with E-state index in [0.29, 0.717) is 29.5 Å². The van der Waals surface area contributed by atoms with Gasteiger partial charge in [-0.05, 0) is 23.4 Å². The molecular weight excluding hydrogens is 334 g/mol. The summed E-state index contributed by atoms with van der Waals surface area (Å²) in [6.07, 6.45) is 0.608. The van der Waals surface area contributed by atoms with E-state index < -0.39 is 12.1 Å². The number of rotatable bonds is 4. The van der Waals surface area contributed by atoms with Gasteiger partial charge in [-0.1, -0.05) is 41.9 Å². The average Bonchev–Trinajstić information content (AvgIpc) is 3.09. The van der Waals surface area contributed by atoms with Crippen LogP contribution < -0.4 is 10.6 Å². The molecule has 0 aliphatic carbocycles. The van der Waals surface area contributed by atoms with Gasteiger partial charge in [-0.15, -0.1) is 11.3 Å². The Morgan fingerprint density at radius 3 is 2.78 bits per heavy atom. The molecule has 120 valence electrons. The van der Waals surface area contributed by atoms with Gasteiger partial charge in [0.1, 0.15) is 10.4 Å². The summed E-state index contributed by atoms with van der Waals surface area (Å²) in [7, 11) is 0. The molecule has 1 aliphatic heterocycles. The van der Waals surface area contributed by atoms with Crippen LogP contribution in [0, 0.1) is 0 Å². The first kappa shape index (κ1) is 15.8. The first-order valence-corrected chi connectivity index (χ1v) is 8.52. The predicted octanol–water partition coefficient (Wildman–Crippen LogP) is 3.32. The van der Waals surface area contributed by atoms with Crippen LogP contribution in [0.3, 0.4) is 0 Å². The van der Waals surface area contributed by atoms with Gasteiger partial charge in [0.15, 0.2) is 0 Å². The highest BCUT2D eigenvalue weighted by Crippen LogP contribution is 2.27. The van der Waals surface area contributed by atoms with Gasteiger partial charge >= 0.3 is 6.03 Å². The summed E-state index contributed by atoms with van der Waals surface area (Å²) in [5, 5.41) is 7.17. The summed E-state index contributed by atoms with van der Waals surface area (Å²) < 4.78 is 0.517. The number of hydrogen-bond donors (Lipinski definition) is 2. The second kappa shape index (κ2) is 7.02. The lowest BCUT2D eigenvalue weighted by Crippen LogP contribution is -2.43. The monoisotopic (exact) mass is 349 g/mol. The SMILES string of the molecule is O=C(Nc1ccsc1Cl)N[C@@H]1CCN(Cc2ccccc2)C1=O. The first-order valence-electron chi connectivity index (χ1n) is 7.26. The van der Waals surface area contributed by atoms with E-state index in [9.17, 15) is 9.59 Å². The fourth-order valence-electron chi connectivity index (χ4n) is 2.53. The lowest BCUT2D eigenvalue weighted by atomic mass is 10.2. The molecule has 0 unspecified atom stereocenters. The highest BCUT2D eigenvalue weighted by molar-refractivity contribution is 7.15. The largest absolute Gasteiger partial charge is 0.336 e. The first-order chi connectivity index (χ1) is 11.1. The van der Waals surface area contributed by atoms with E-state index in [1.54, 1.807) is 16.3 Å². The number of carbonyl (C=O) groups excluding carboxylic acids is 2. The number of likely N-dealkylation sites (tertiary alicyclic amines) is 1. The summed E-state index contributed by atoms with van der Waals surface area (Å²) in [5.74, 6) is -0.0552. The molecule has 0 radical (unpaired) electrons. The van der Waals surface area contributed by atoms with Crippen molar-refractivity contribution < 1.29 is 9.59 Å². The molecule has 1 aromatic heterocycles. The summed E-state index contributed by atoms with van der Waals surface area (Å²) >= 11 is 7.28. The maximum atomic E-state index is 12.4. The highest BCUT2D eigenvalue weighted by atomic mass is 35.5. The third-order valence-electron chi connectivity index (χ3n) is 3.69. The van der Waals surface area contributed by atoms with E-state index in [0.717, 1.165) is 5.56 Å². The molecule has 1 atom stereocenters. The molecule has 5 nitrogen and oxygen atoms in total. The molecule has 2 aromatic rings. The second-order valence-corrected chi connectivity index (χ2v) is 6.81. The van der Waals surface area contributed by atoms with Gasteiger partial charge in [0.2, 0.25) is 5.91 Å². The van der Waals surface area contributed by atoms with E-state index in [2.05, 4.69) is 10.6 Å². The van der Waals surface area contributed by atoms with Crippen LogP contribution in [-0.2, 0) is 11.3 Å². The molecule has 7 heteroatoms. The number of anilines is 1. The van der Waals surface area contributed by atoms with Crippen LogP contribution in [-0.4, -0.2) is 29.4 Å². The Labute approximate surface area is 143 Å². The van der Waals surface area contributed by atoms with Crippen LogP contribution in [0.2, 0.25) is 4.34 Å². The standard InChI is InChI=1S/C16H16ClN3O2S/c17-14-12(7-9-23-14)18-16(22)19-13-6-8-20(15(13)21)10-11-4-2-1-3-5-11/h1-5,7,9,13H,6,8,10H2,(H2,18,19,22)/t13-/m1/s1. The van der Waals surface area contributed by atoms with Crippen molar-refractivity contribution in [3.63, 3.8) is 0 Å². The number of carbonyl (C=O) groups is 2. The third kappa shape index (κ3) is 3.83. The maximum Gasteiger partial charge on any atom is 0.319 e. The molecule has 1 saturated heterocycles. The predicted molar refractivity (Wildman–Crippen MR) is 91.7 cm³/mol. The van der Waals surface area contributed by atoms with Crippen molar-refractivity contribution in [1.82, 2.24) is 10.2 Å². The number of benzene rings is 1. The van der Waals surface area contributed by atoms with Crippen molar-refractivity contribution in [3.8, 4) is 0 Å². The van der Waals surface area contributed by atoms with Crippen LogP contribution >= 0.6 is 22.9 Å². The molecule has 1 aliphatic rings. The normalized spacial score (nSPS) is 17.3. The number of nitrogens with zero attached hydrogens (tertiary/aromatic N) is 1. The highest BCUT2D eigenvalue weighted by Gasteiger charge is 2.32. The zero-order chi connectivity index (χ0) is 16.2. The minimum Gasteiger partial charge on any atom is -0.336 e. The Morgan fingerprint density at radius 2 is 2.09 bits per heavy atom. The average molecular weight is 350 g/mol. The molecule has 1 aromatic carbocycles. The summed E-state index contributed by atoms with van der Waals surface area (Å²) in [6, 6.07) is 10.6. The van der Waals surface area contributed by atoms with Crippen molar-refractivity contribution in [2.45, 2.75) is 19.0 Å². The van der Waals surface area contributed by atoms with Crippen LogP contribution in [0.5, 0.6) is 0 Å². The fourth-order valence-corrected chi connectivity index (χ4v) is 3.37. The quantitative estimate of drug-likeness (QED) is 0.889. The van der Waals surface area contributed by atoms with Gasteiger partial charge < -0.3 is 15.5 Å². The Hall–Kier alpha value is -2.05. The van der Waals surface area contributed by atoms with Crippen molar-refractivity contribution >= 4 is 40.6 Å². The minimum absolute atomic E-state index is 0.0552. The second-order valence-electron chi connectivity index (χ2n) is 5.29. The van der Waals surface area contributed by atoms with E-state index in [1.165, 1.54) is 11.3 Å². The van der Waals surface area contributed by atoms with Crippen molar-refractivity contribution in [1.29, 1.82) is 0 Å². The summed E-state index contributed by atoms with van der Waals surface area (Å²) in [6.45, 7) is 1.20. The number of amides is 3. The van der Waals surface area contributed by atoms with Gasteiger partial charge in [0, 0.05) is 13.1 Å². The maximum absolute atomic E-state index is 12.4. The molecule has 2 heterocycles. The molecule has 2 N–H and O–H groups in total. The molecule has 0 bridgehead atoms. The van der Waals surface area contributed by atoms with Crippen LogP contribution in [0.1, 0.15) is 12.0 Å². The van der Waals surface area contributed by atoms with E-state index >= 15 is 0 Å². The number of hydrogen-bond acceptors (Lipinski definition) is 3.